The van der Waals surface area contributed by atoms with Crippen molar-refractivity contribution >= 4 is 5.84 Å². The molecule has 0 aromatic carbocycles. The zero-order valence-electron chi connectivity index (χ0n) is 9.03. The van der Waals surface area contributed by atoms with Crippen molar-refractivity contribution in [3.8, 4) is 0 Å². The van der Waals surface area contributed by atoms with Crippen molar-refractivity contribution in [3.63, 3.8) is 0 Å². The molecule has 82 valence electrons. The van der Waals surface area contributed by atoms with E-state index in [-0.39, 0.29) is 6.04 Å². The highest BCUT2D eigenvalue weighted by atomic mass is 16.4. The summed E-state index contributed by atoms with van der Waals surface area (Å²) in [5, 5.41) is 15.1. The molecule has 4 heteroatoms. The maximum Gasteiger partial charge on any atom is 0.156 e. The van der Waals surface area contributed by atoms with Crippen molar-refractivity contribution in [2.45, 2.75) is 51.6 Å². The van der Waals surface area contributed by atoms with Gasteiger partial charge in [-0.1, -0.05) is 25.4 Å². The lowest BCUT2D eigenvalue weighted by Gasteiger charge is -2.23. The fraction of sp³-hybridized carbons (Fsp3) is 0.900. The smallest absolute Gasteiger partial charge is 0.156 e. The van der Waals surface area contributed by atoms with Gasteiger partial charge in [0.05, 0.1) is 6.04 Å². The summed E-state index contributed by atoms with van der Waals surface area (Å²) in [6.07, 6.45) is 4.63. The molecule has 3 unspecified atom stereocenters. The van der Waals surface area contributed by atoms with E-state index in [1.807, 2.05) is 6.92 Å². The second-order valence-electron chi connectivity index (χ2n) is 4.17. The van der Waals surface area contributed by atoms with Gasteiger partial charge in [-0.15, -0.1) is 0 Å². The maximum absolute atomic E-state index is 8.60. The molecule has 4 N–H and O–H groups in total. The second-order valence-corrected chi connectivity index (χ2v) is 4.17. The van der Waals surface area contributed by atoms with Gasteiger partial charge in [-0.25, -0.2) is 0 Å². The first-order chi connectivity index (χ1) is 6.69. The Morgan fingerprint density at radius 1 is 1.64 bits per heavy atom. The van der Waals surface area contributed by atoms with Crippen LogP contribution >= 0.6 is 0 Å². The van der Waals surface area contributed by atoms with E-state index in [4.69, 9.17) is 10.9 Å². The van der Waals surface area contributed by atoms with Gasteiger partial charge in [0, 0.05) is 6.04 Å². The van der Waals surface area contributed by atoms with Gasteiger partial charge in [0.25, 0.3) is 0 Å². The summed E-state index contributed by atoms with van der Waals surface area (Å²) in [6, 6.07) is 0.547. The van der Waals surface area contributed by atoms with Gasteiger partial charge in [-0.05, 0) is 25.2 Å². The van der Waals surface area contributed by atoms with E-state index in [2.05, 4.69) is 17.4 Å². The maximum atomic E-state index is 8.60. The minimum Gasteiger partial charge on any atom is -0.409 e. The van der Waals surface area contributed by atoms with Gasteiger partial charge in [-0.2, -0.15) is 0 Å². The van der Waals surface area contributed by atoms with Crippen LogP contribution in [-0.4, -0.2) is 23.1 Å². The number of nitrogens with zero attached hydrogens (tertiary/aromatic N) is 1. The van der Waals surface area contributed by atoms with Gasteiger partial charge in [0.15, 0.2) is 5.84 Å². The summed E-state index contributed by atoms with van der Waals surface area (Å²) in [6.45, 7) is 4.29. The number of amidine groups is 1. The Labute approximate surface area is 85.6 Å². The zero-order valence-corrected chi connectivity index (χ0v) is 9.03. The monoisotopic (exact) mass is 199 g/mol. The molecule has 0 saturated heterocycles. The predicted octanol–water partition coefficient (Wildman–Crippen LogP) is 1.29. The fourth-order valence-electron chi connectivity index (χ4n) is 2.13. The minimum atomic E-state index is 0.0190. The van der Waals surface area contributed by atoms with Crippen molar-refractivity contribution in [1.82, 2.24) is 5.32 Å². The normalized spacial score (nSPS) is 30.6. The van der Waals surface area contributed by atoms with Crippen LogP contribution in [0.1, 0.15) is 39.5 Å². The third-order valence-electron chi connectivity index (χ3n) is 3.16. The van der Waals surface area contributed by atoms with E-state index < -0.39 is 0 Å². The number of nitrogens with two attached hydrogens (primary N) is 1. The molecule has 3 atom stereocenters. The second kappa shape index (κ2) is 5.20. The Morgan fingerprint density at radius 3 is 2.79 bits per heavy atom. The summed E-state index contributed by atoms with van der Waals surface area (Å²) in [5.41, 5.74) is 5.59. The van der Waals surface area contributed by atoms with Crippen LogP contribution in [0.5, 0.6) is 0 Å². The largest absolute Gasteiger partial charge is 0.409 e. The van der Waals surface area contributed by atoms with E-state index >= 15 is 0 Å². The average molecular weight is 199 g/mol. The Hall–Kier alpha value is -0.770. The highest BCUT2D eigenvalue weighted by Crippen LogP contribution is 2.25. The Morgan fingerprint density at radius 2 is 2.36 bits per heavy atom. The third-order valence-corrected chi connectivity index (χ3v) is 3.16. The first-order valence-corrected chi connectivity index (χ1v) is 5.42. The van der Waals surface area contributed by atoms with E-state index in [1.54, 1.807) is 0 Å². The standard InChI is InChI=1S/C10H21N3O/c1-3-8(10(11)13-14)12-9-6-4-5-7(9)2/h7-9,12,14H,3-6H2,1-2H3,(H2,11,13). The molecule has 1 aliphatic rings. The molecule has 1 aliphatic carbocycles. The van der Waals surface area contributed by atoms with Crippen LogP contribution in [0.2, 0.25) is 0 Å². The van der Waals surface area contributed by atoms with Gasteiger partial charge in [-0.3, -0.25) is 0 Å². The minimum absolute atomic E-state index is 0.0190. The van der Waals surface area contributed by atoms with Gasteiger partial charge < -0.3 is 16.3 Å². The highest BCUT2D eigenvalue weighted by molar-refractivity contribution is 5.85. The van der Waals surface area contributed by atoms with Crippen LogP contribution in [-0.2, 0) is 0 Å². The predicted molar refractivity (Wildman–Crippen MR) is 57.4 cm³/mol. The van der Waals surface area contributed by atoms with Crippen molar-refractivity contribution in [2.24, 2.45) is 16.8 Å². The summed E-state index contributed by atoms with van der Waals surface area (Å²) in [5.74, 6) is 1.00. The van der Waals surface area contributed by atoms with E-state index in [1.165, 1.54) is 19.3 Å². The van der Waals surface area contributed by atoms with Gasteiger partial charge in [0.2, 0.25) is 0 Å². The van der Waals surface area contributed by atoms with Crippen molar-refractivity contribution in [2.75, 3.05) is 0 Å². The number of hydrogen-bond donors (Lipinski definition) is 3. The van der Waals surface area contributed by atoms with Crippen LogP contribution in [0.15, 0.2) is 5.16 Å². The van der Waals surface area contributed by atoms with Gasteiger partial charge >= 0.3 is 0 Å². The summed E-state index contributed by atoms with van der Waals surface area (Å²) in [7, 11) is 0. The first-order valence-electron chi connectivity index (χ1n) is 5.42. The molecule has 1 rings (SSSR count). The quantitative estimate of drug-likeness (QED) is 0.276. The molecule has 14 heavy (non-hydrogen) atoms. The average Bonchev–Trinajstić information content (AvgIpc) is 2.59. The topological polar surface area (TPSA) is 70.6 Å². The number of rotatable bonds is 4. The summed E-state index contributed by atoms with van der Waals surface area (Å²) < 4.78 is 0. The molecule has 0 amide bonds. The number of hydrogen-bond acceptors (Lipinski definition) is 3. The van der Waals surface area contributed by atoms with Crippen LogP contribution < -0.4 is 11.1 Å². The Balaban J connectivity index is 2.47. The third kappa shape index (κ3) is 2.61. The molecule has 0 aromatic heterocycles. The van der Waals surface area contributed by atoms with Crippen LogP contribution in [0.3, 0.4) is 0 Å². The zero-order chi connectivity index (χ0) is 10.6. The molecule has 1 fully saturated rings. The lowest BCUT2D eigenvalue weighted by molar-refractivity contribution is 0.311. The molecule has 0 radical (unpaired) electrons. The molecule has 4 nitrogen and oxygen atoms in total. The van der Waals surface area contributed by atoms with Crippen molar-refractivity contribution in [3.05, 3.63) is 0 Å². The lowest BCUT2D eigenvalue weighted by Crippen LogP contribution is -2.47. The van der Waals surface area contributed by atoms with Crippen LogP contribution in [0.25, 0.3) is 0 Å². The number of oxime groups is 1. The molecule has 0 heterocycles. The molecular weight excluding hydrogens is 178 g/mol. The van der Waals surface area contributed by atoms with E-state index in [0.717, 1.165) is 6.42 Å². The lowest BCUT2D eigenvalue weighted by atomic mass is 10.0. The van der Waals surface area contributed by atoms with Crippen molar-refractivity contribution < 1.29 is 5.21 Å². The fourth-order valence-corrected chi connectivity index (χ4v) is 2.13. The highest BCUT2D eigenvalue weighted by Gasteiger charge is 2.26. The first kappa shape index (κ1) is 11.3. The van der Waals surface area contributed by atoms with Crippen molar-refractivity contribution in [1.29, 1.82) is 0 Å². The Bertz CT molecular complexity index is 206. The van der Waals surface area contributed by atoms with E-state index in [0.29, 0.717) is 17.8 Å². The summed E-state index contributed by atoms with van der Waals surface area (Å²) >= 11 is 0. The van der Waals surface area contributed by atoms with Gasteiger partial charge in [0.1, 0.15) is 0 Å². The SMILES string of the molecule is CCC(NC1CCCC1C)C(N)=NO. The summed E-state index contributed by atoms with van der Waals surface area (Å²) in [4.78, 5) is 0. The van der Waals surface area contributed by atoms with E-state index in [9.17, 15) is 0 Å². The number of nitrogens with one attached hydrogen (secondary N) is 1. The van der Waals surface area contributed by atoms with Crippen LogP contribution in [0.4, 0.5) is 0 Å². The molecule has 0 spiro atoms. The molecule has 0 bridgehead atoms. The van der Waals surface area contributed by atoms with Crippen LogP contribution in [0, 0.1) is 5.92 Å². The molecule has 1 saturated carbocycles. The molecule has 0 aromatic rings. The molecule has 0 aliphatic heterocycles. The Kier molecular flexibility index (Phi) is 4.20. The molecular formula is C10H21N3O.